The number of rotatable bonds is 3. The van der Waals surface area contributed by atoms with Gasteiger partial charge in [0.15, 0.2) is 0 Å². The SMILES string of the molecule is CC(C)C1CN(C(=O)c2ccc(-n3ccnc3)cc2)CCS1. The zero-order valence-electron chi connectivity index (χ0n) is 13.0. The van der Waals surface area contributed by atoms with Gasteiger partial charge in [0, 0.05) is 47.7 Å². The monoisotopic (exact) mass is 315 g/mol. The van der Waals surface area contributed by atoms with Crippen LogP contribution in [0, 0.1) is 5.92 Å². The maximum Gasteiger partial charge on any atom is 0.253 e. The lowest BCUT2D eigenvalue weighted by Crippen LogP contribution is -2.43. The van der Waals surface area contributed by atoms with Gasteiger partial charge in [-0.1, -0.05) is 13.8 Å². The van der Waals surface area contributed by atoms with Gasteiger partial charge >= 0.3 is 0 Å². The van der Waals surface area contributed by atoms with E-state index in [1.54, 1.807) is 12.5 Å². The second-order valence-corrected chi connectivity index (χ2v) is 7.27. The Morgan fingerprint density at radius 2 is 2.09 bits per heavy atom. The van der Waals surface area contributed by atoms with Crippen molar-refractivity contribution in [2.45, 2.75) is 19.1 Å². The highest BCUT2D eigenvalue weighted by Crippen LogP contribution is 2.26. The van der Waals surface area contributed by atoms with E-state index in [1.807, 2.05) is 51.7 Å². The third-order valence-electron chi connectivity index (χ3n) is 4.04. The molecule has 5 heteroatoms. The predicted octanol–water partition coefficient (Wildman–Crippen LogP) is 3.09. The number of thioether (sulfide) groups is 1. The Morgan fingerprint density at radius 1 is 1.32 bits per heavy atom. The van der Waals surface area contributed by atoms with Gasteiger partial charge in [-0.15, -0.1) is 0 Å². The first-order chi connectivity index (χ1) is 10.6. The number of benzene rings is 1. The first-order valence-electron chi connectivity index (χ1n) is 7.64. The van der Waals surface area contributed by atoms with E-state index in [1.165, 1.54) is 0 Å². The van der Waals surface area contributed by atoms with E-state index in [0.29, 0.717) is 11.2 Å². The third-order valence-corrected chi connectivity index (χ3v) is 5.58. The van der Waals surface area contributed by atoms with Gasteiger partial charge < -0.3 is 9.47 Å². The largest absolute Gasteiger partial charge is 0.337 e. The quantitative estimate of drug-likeness (QED) is 0.873. The summed E-state index contributed by atoms with van der Waals surface area (Å²) in [5, 5.41) is 0.544. The molecule has 0 N–H and O–H groups in total. The molecular weight excluding hydrogens is 294 g/mol. The van der Waals surface area contributed by atoms with Crippen LogP contribution in [-0.4, -0.2) is 44.5 Å². The summed E-state index contributed by atoms with van der Waals surface area (Å²) in [6.07, 6.45) is 5.40. The fraction of sp³-hybridized carbons (Fsp3) is 0.412. The molecule has 2 heterocycles. The van der Waals surface area contributed by atoms with Crippen molar-refractivity contribution in [2.24, 2.45) is 5.92 Å². The van der Waals surface area contributed by atoms with Crippen LogP contribution in [0.25, 0.3) is 5.69 Å². The molecule has 1 aliphatic heterocycles. The van der Waals surface area contributed by atoms with Crippen LogP contribution in [0.15, 0.2) is 43.0 Å². The maximum absolute atomic E-state index is 12.7. The van der Waals surface area contributed by atoms with Gasteiger partial charge in [-0.25, -0.2) is 4.98 Å². The third kappa shape index (κ3) is 3.19. The molecule has 0 aliphatic carbocycles. The molecule has 1 amide bonds. The number of imidazole rings is 1. The summed E-state index contributed by atoms with van der Waals surface area (Å²) in [6.45, 7) is 6.15. The van der Waals surface area contributed by atoms with Gasteiger partial charge in [-0.2, -0.15) is 11.8 Å². The lowest BCUT2D eigenvalue weighted by atomic mass is 10.1. The van der Waals surface area contributed by atoms with Crippen molar-refractivity contribution in [3.05, 3.63) is 48.5 Å². The average molecular weight is 315 g/mol. The molecule has 1 unspecified atom stereocenters. The topological polar surface area (TPSA) is 38.1 Å². The summed E-state index contributed by atoms with van der Waals surface area (Å²) in [5.41, 5.74) is 1.78. The summed E-state index contributed by atoms with van der Waals surface area (Å²) in [4.78, 5) is 18.7. The molecule has 1 atom stereocenters. The predicted molar refractivity (Wildman–Crippen MR) is 90.6 cm³/mol. The van der Waals surface area contributed by atoms with Crippen LogP contribution in [0.2, 0.25) is 0 Å². The van der Waals surface area contributed by atoms with Gasteiger partial charge in [0.25, 0.3) is 5.91 Å². The Labute approximate surface area is 135 Å². The molecule has 116 valence electrons. The van der Waals surface area contributed by atoms with Crippen molar-refractivity contribution < 1.29 is 4.79 Å². The standard InChI is InChI=1S/C17H21N3OS/c1-13(2)16-11-19(9-10-22-16)17(21)14-3-5-15(6-4-14)20-8-7-18-12-20/h3-8,12-13,16H,9-11H2,1-2H3. The van der Waals surface area contributed by atoms with Crippen LogP contribution in [0.4, 0.5) is 0 Å². The highest BCUT2D eigenvalue weighted by molar-refractivity contribution is 8.00. The van der Waals surface area contributed by atoms with E-state index in [-0.39, 0.29) is 5.91 Å². The Bertz CT molecular complexity index is 622. The normalized spacial score (nSPS) is 18.7. The number of carbonyl (C=O) groups excluding carboxylic acids is 1. The van der Waals surface area contributed by atoms with Crippen LogP contribution in [0.3, 0.4) is 0 Å². The molecule has 0 bridgehead atoms. The minimum absolute atomic E-state index is 0.142. The Kier molecular flexibility index (Phi) is 4.52. The summed E-state index contributed by atoms with van der Waals surface area (Å²) in [5.74, 6) is 1.77. The van der Waals surface area contributed by atoms with Crippen molar-refractivity contribution in [1.82, 2.24) is 14.5 Å². The highest BCUT2D eigenvalue weighted by atomic mass is 32.2. The van der Waals surface area contributed by atoms with Gasteiger partial charge in [-0.3, -0.25) is 4.79 Å². The number of carbonyl (C=O) groups is 1. The van der Waals surface area contributed by atoms with E-state index in [2.05, 4.69) is 18.8 Å². The lowest BCUT2D eigenvalue weighted by molar-refractivity contribution is 0.0756. The molecular formula is C17H21N3OS. The minimum atomic E-state index is 0.142. The van der Waals surface area contributed by atoms with Crippen molar-refractivity contribution in [3.8, 4) is 5.69 Å². The van der Waals surface area contributed by atoms with E-state index in [9.17, 15) is 4.79 Å². The molecule has 0 radical (unpaired) electrons. The highest BCUT2D eigenvalue weighted by Gasteiger charge is 2.26. The fourth-order valence-electron chi connectivity index (χ4n) is 2.63. The second-order valence-electron chi connectivity index (χ2n) is 5.92. The molecule has 22 heavy (non-hydrogen) atoms. The lowest BCUT2D eigenvalue weighted by Gasteiger charge is -2.34. The molecule has 3 rings (SSSR count). The average Bonchev–Trinajstić information content (AvgIpc) is 3.09. The Morgan fingerprint density at radius 3 is 2.73 bits per heavy atom. The zero-order chi connectivity index (χ0) is 15.5. The first-order valence-corrected chi connectivity index (χ1v) is 8.69. The van der Waals surface area contributed by atoms with Crippen LogP contribution in [0.5, 0.6) is 0 Å². The van der Waals surface area contributed by atoms with Crippen LogP contribution < -0.4 is 0 Å². The number of nitrogens with zero attached hydrogens (tertiary/aromatic N) is 3. The van der Waals surface area contributed by atoms with E-state index in [0.717, 1.165) is 30.1 Å². The molecule has 0 saturated carbocycles. The van der Waals surface area contributed by atoms with Gasteiger partial charge in [-0.05, 0) is 30.2 Å². The molecule has 4 nitrogen and oxygen atoms in total. The van der Waals surface area contributed by atoms with E-state index in [4.69, 9.17) is 0 Å². The molecule has 1 aliphatic rings. The minimum Gasteiger partial charge on any atom is -0.337 e. The first kappa shape index (κ1) is 15.2. The molecule has 1 aromatic heterocycles. The summed E-state index contributed by atoms with van der Waals surface area (Å²) >= 11 is 1.98. The van der Waals surface area contributed by atoms with Gasteiger partial charge in [0.2, 0.25) is 0 Å². The molecule has 0 spiro atoms. The Hall–Kier alpha value is -1.75. The smallest absolute Gasteiger partial charge is 0.253 e. The fourth-order valence-corrected chi connectivity index (χ4v) is 3.93. The van der Waals surface area contributed by atoms with Crippen LogP contribution in [0.1, 0.15) is 24.2 Å². The number of amides is 1. The number of hydrogen-bond donors (Lipinski definition) is 0. The van der Waals surface area contributed by atoms with Crippen LogP contribution >= 0.6 is 11.8 Å². The van der Waals surface area contributed by atoms with Crippen molar-refractivity contribution in [1.29, 1.82) is 0 Å². The van der Waals surface area contributed by atoms with Crippen molar-refractivity contribution in [2.75, 3.05) is 18.8 Å². The molecule has 1 fully saturated rings. The van der Waals surface area contributed by atoms with Crippen molar-refractivity contribution in [3.63, 3.8) is 0 Å². The van der Waals surface area contributed by atoms with Crippen LogP contribution in [-0.2, 0) is 0 Å². The molecule has 1 saturated heterocycles. The molecule has 1 aromatic carbocycles. The summed E-state index contributed by atoms with van der Waals surface area (Å²) in [7, 11) is 0. The van der Waals surface area contributed by atoms with Crippen molar-refractivity contribution >= 4 is 17.7 Å². The Balaban J connectivity index is 1.72. The van der Waals surface area contributed by atoms with E-state index < -0.39 is 0 Å². The summed E-state index contributed by atoms with van der Waals surface area (Å²) < 4.78 is 1.93. The number of hydrogen-bond acceptors (Lipinski definition) is 3. The summed E-state index contributed by atoms with van der Waals surface area (Å²) in [6, 6.07) is 7.74. The molecule has 2 aromatic rings. The van der Waals surface area contributed by atoms with E-state index >= 15 is 0 Å². The maximum atomic E-state index is 12.7. The second kappa shape index (κ2) is 6.57. The number of aromatic nitrogens is 2. The van der Waals surface area contributed by atoms with Gasteiger partial charge in [0.1, 0.15) is 0 Å². The van der Waals surface area contributed by atoms with Gasteiger partial charge in [0.05, 0.1) is 6.33 Å². The zero-order valence-corrected chi connectivity index (χ0v) is 13.8.